The average Bonchev–Trinajstić information content (AvgIpc) is 3.01. The number of fused-ring (bicyclic) bond motifs is 1. The Kier molecular flexibility index (Phi) is 3.50. The van der Waals surface area contributed by atoms with Crippen LogP contribution in [0.3, 0.4) is 0 Å². The number of anilines is 1. The molecule has 1 aliphatic heterocycles. The minimum absolute atomic E-state index is 0.136. The molecule has 1 aromatic carbocycles. The number of nitrogens with zero attached hydrogens (tertiary/aromatic N) is 3. The smallest absolute Gasteiger partial charge is 0.244 e. The number of carbonyl (C=O) groups is 1. The standard InChI is InChI=1S/C15H18N4O/c1-11(15(20)19-8-4-5-9-19)17-14-13-7-3-2-6-12(13)10-16-18-14/h2-3,6-7,10-11H,4-5,8-9H2,1H3,(H,17,18). The molecule has 0 radical (unpaired) electrons. The van der Waals surface area contributed by atoms with E-state index >= 15 is 0 Å². The summed E-state index contributed by atoms with van der Waals surface area (Å²) in [5.41, 5.74) is 0. The predicted molar refractivity (Wildman–Crippen MR) is 78.4 cm³/mol. The van der Waals surface area contributed by atoms with E-state index in [4.69, 9.17) is 0 Å². The monoisotopic (exact) mass is 270 g/mol. The fourth-order valence-electron chi connectivity index (χ4n) is 2.61. The van der Waals surface area contributed by atoms with Gasteiger partial charge in [-0.05, 0) is 19.8 Å². The lowest BCUT2D eigenvalue weighted by Gasteiger charge is -2.21. The first kappa shape index (κ1) is 12.8. The van der Waals surface area contributed by atoms with E-state index in [2.05, 4.69) is 15.5 Å². The fraction of sp³-hybridized carbons (Fsp3) is 0.400. The lowest BCUT2D eigenvalue weighted by molar-refractivity contribution is -0.130. The zero-order chi connectivity index (χ0) is 13.9. The van der Waals surface area contributed by atoms with Crippen molar-refractivity contribution in [2.75, 3.05) is 18.4 Å². The third kappa shape index (κ3) is 2.43. The summed E-state index contributed by atoms with van der Waals surface area (Å²) in [6, 6.07) is 7.62. The SMILES string of the molecule is CC(Nc1nncc2ccccc12)C(=O)N1CCCC1. The second-order valence-corrected chi connectivity index (χ2v) is 5.18. The van der Waals surface area contributed by atoms with Crippen LogP contribution in [0.1, 0.15) is 19.8 Å². The molecule has 1 amide bonds. The van der Waals surface area contributed by atoms with E-state index in [1.54, 1.807) is 6.20 Å². The lowest BCUT2D eigenvalue weighted by Crippen LogP contribution is -2.39. The molecule has 0 spiro atoms. The number of hydrogen-bond donors (Lipinski definition) is 1. The predicted octanol–water partition coefficient (Wildman–Crippen LogP) is 2.05. The molecule has 5 nitrogen and oxygen atoms in total. The molecular weight excluding hydrogens is 252 g/mol. The molecule has 1 aromatic heterocycles. The van der Waals surface area contributed by atoms with Crippen LogP contribution in [0.15, 0.2) is 30.5 Å². The van der Waals surface area contributed by atoms with Gasteiger partial charge in [0, 0.05) is 23.9 Å². The van der Waals surface area contributed by atoms with E-state index in [0.29, 0.717) is 5.82 Å². The summed E-state index contributed by atoms with van der Waals surface area (Å²) < 4.78 is 0. The Morgan fingerprint density at radius 3 is 2.85 bits per heavy atom. The molecular formula is C15H18N4O. The van der Waals surface area contributed by atoms with Crippen molar-refractivity contribution >= 4 is 22.5 Å². The second-order valence-electron chi connectivity index (χ2n) is 5.18. The summed E-state index contributed by atoms with van der Waals surface area (Å²) in [7, 11) is 0. The number of amides is 1. The quantitative estimate of drug-likeness (QED) is 0.927. The third-order valence-electron chi connectivity index (χ3n) is 3.71. The first-order chi connectivity index (χ1) is 9.75. The van der Waals surface area contributed by atoms with Crippen LogP contribution in [0.5, 0.6) is 0 Å². The van der Waals surface area contributed by atoms with Crippen LogP contribution in [0.25, 0.3) is 10.8 Å². The van der Waals surface area contributed by atoms with E-state index in [1.807, 2.05) is 36.1 Å². The fourth-order valence-corrected chi connectivity index (χ4v) is 2.61. The maximum atomic E-state index is 12.3. The van der Waals surface area contributed by atoms with Crippen molar-refractivity contribution in [3.63, 3.8) is 0 Å². The molecule has 1 N–H and O–H groups in total. The molecule has 1 unspecified atom stereocenters. The Balaban J connectivity index is 1.80. The molecule has 2 heterocycles. The first-order valence-electron chi connectivity index (χ1n) is 7.01. The molecule has 1 aliphatic rings. The molecule has 20 heavy (non-hydrogen) atoms. The highest BCUT2D eigenvalue weighted by Crippen LogP contribution is 2.20. The number of benzene rings is 1. The largest absolute Gasteiger partial charge is 0.357 e. The maximum Gasteiger partial charge on any atom is 0.244 e. The Morgan fingerprint density at radius 1 is 1.30 bits per heavy atom. The van der Waals surface area contributed by atoms with Crippen LogP contribution >= 0.6 is 0 Å². The van der Waals surface area contributed by atoms with Crippen LogP contribution in [0.2, 0.25) is 0 Å². The first-order valence-corrected chi connectivity index (χ1v) is 7.01. The van der Waals surface area contributed by atoms with E-state index < -0.39 is 0 Å². The van der Waals surface area contributed by atoms with Crippen LogP contribution in [-0.2, 0) is 4.79 Å². The van der Waals surface area contributed by atoms with Crippen LogP contribution in [0.4, 0.5) is 5.82 Å². The van der Waals surface area contributed by atoms with Crippen LogP contribution < -0.4 is 5.32 Å². The van der Waals surface area contributed by atoms with Gasteiger partial charge in [-0.15, -0.1) is 5.10 Å². The summed E-state index contributed by atoms with van der Waals surface area (Å²) in [6.07, 6.45) is 3.94. The lowest BCUT2D eigenvalue weighted by atomic mass is 10.2. The van der Waals surface area contributed by atoms with Crippen molar-refractivity contribution in [3.05, 3.63) is 30.5 Å². The van der Waals surface area contributed by atoms with Gasteiger partial charge in [-0.3, -0.25) is 4.79 Å². The van der Waals surface area contributed by atoms with Gasteiger partial charge < -0.3 is 10.2 Å². The van der Waals surface area contributed by atoms with Gasteiger partial charge in [0.15, 0.2) is 5.82 Å². The minimum Gasteiger partial charge on any atom is -0.357 e. The molecule has 0 saturated carbocycles. The number of nitrogens with one attached hydrogen (secondary N) is 1. The molecule has 1 fully saturated rings. The third-order valence-corrected chi connectivity index (χ3v) is 3.71. The Hall–Kier alpha value is -2.17. The molecule has 0 aliphatic carbocycles. The highest BCUT2D eigenvalue weighted by Gasteiger charge is 2.23. The summed E-state index contributed by atoms with van der Waals surface area (Å²) in [5, 5.41) is 13.3. The Labute approximate surface area is 118 Å². The van der Waals surface area contributed by atoms with Crippen LogP contribution in [-0.4, -0.2) is 40.1 Å². The average molecular weight is 270 g/mol. The number of carbonyl (C=O) groups excluding carboxylic acids is 1. The van der Waals surface area contributed by atoms with Crippen molar-refractivity contribution in [1.82, 2.24) is 15.1 Å². The summed E-state index contributed by atoms with van der Waals surface area (Å²) in [5.74, 6) is 0.806. The van der Waals surface area contributed by atoms with Crippen molar-refractivity contribution in [2.45, 2.75) is 25.8 Å². The summed E-state index contributed by atoms with van der Waals surface area (Å²) in [4.78, 5) is 14.2. The van der Waals surface area contributed by atoms with Gasteiger partial charge in [-0.1, -0.05) is 24.3 Å². The number of rotatable bonds is 3. The maximum absolute atomic E-state index is 12.3. The van der Waals surface area contributed by atoms with Crippen molar-refractivity contribution in [2.24, 2.45) is 0 Å². The molecule has 2 aromatic rings. The molecule has 104 valence electrons. The van der Waals surface area contributed by atoms with Gasteiger partial charge >= 0.3 is 0 Å². The van der Waals surface area contributed by atoms with E-state index in [9.17, 15) is 4.79 Å². The van der Waals surface area contributed by atoms with E-state index in [1.165, 1.54) is 0 Å². The molecule has 1 saturated heterocycles. The Bertz CT molecular complexity index is 617. The van der Waals surface area contributed by atoms with Crippen molar-refractivity contribution in [1.29, 1.82) is 0 Å². The van der Waals surface area contributed by atoms with Crippen molar-refractivity contribution in [3.8, 4) is 0 Å². The highest BCUT2D eigenvalue weighted by atomic mass is 16.2. The second kappa shape index (κ2) is 5.45. The molecule has 0 bridgehead atoms. The van der Waals surface area contributed by atoms with Gasteiger partial charge in [0.05, 0.1) is 6.20 Å². The number of hydrogen-bond acceptors (Lipinski definition) is 4. The minimum atomic E-state index is -0.284. The number of likely N-dealkylation sites (tertiary alicyclic amines) is 1. The Morgan fingerprint density at radius 2 is 2.05 bits per heavy atom. The molecule has 3 rings (SSSR count). The topological polar surface area (TPSA) is 58.1 Å². The van der Waals surface area contributed by atoms with Crippen molar-refractivity contribution < 1.29 is 4.79 Å². The summed E-state index contributed by atoms with van der Waals surface area (Å²) >= 11 is 0. The summed E-state index contributed by atoms with van der Waals surface area (Å²) in [6.45, 7) is 3.61. The van der Waals surface area contributed by atoms with Gasteiger partial charge in [-0.2, -0.15) is 5.10 Å². The van der Waals surface area contributed by atoms with Gasteiger partial charge in [0.1, 0.15) is 6.04 Å². The van der Waals surface area contributed by atoms with E-state index in [0.717, 1.165) is 36.7 Å². The molecule has 5 heteroatoms. The van der Waals surface area contributed by atoms with Crippen LogP contribution in [0, 0.1) is 0 Å². The van der Waals surface area contributed by atoms with E-state index in [-0.39, 0.29) is 11.9 Å². The van der Waals surface area contributed by atoms with Gasteiger partial charge in [-0.25, -0.2) is 0 Å². The highest BCUT2D eigenvalue weighted by molar-refractivity contribution is 5.93. The van der Waals surface area contributed by atoms with Gasteiger partial charge in [0.25, 0.3) is 0 Å². The van der Waals surface area contributed by atoms with Gasteiger partial charge in [0.2, 0.25) is 5.91 Å². The molecule has 1 atom stereocenters. The zero-order valence-corrected chi connectivity index (χ0v) is 11.5. The zero-order valence-electron chi connectivity index (χ0n) is 11.5. The number of aromatic nitrogens is 2. The normalized spacial score (nSPS) is 16.4.